The summed E-state index contributed by atoms with van der Waals surface area (Å²) in [6.45, 7) is 0. The zero-order chi connectivity index (χ0) is 30.2. The van der Waals surface area contributed by atoms with Gasteiger partial charge in [-0.3, -0.25) is 9.97 Å². The molecule has 4 fully saturated rings. The fourth-order valence-electron chi connectivity index (χ4n) is 9.78. The number of aromatic nitrogens is 5. The molecule has 0 N–H and O–H groups in total. The number of hydrogen-bond acceptors (Lipinski definition) is 5. The van der Waals surface area contributed by atoms with Gasteiger partial charge in [0.2, 0.25) is 0 Å². The van der Waals surface area contributed by atoms with Crippen LogP contribution in [0.1, 0.15) is 43.2 Å². The van der Waals surface area contributed by atoms with E-state index in [2.05, 4.69) is 42.5 Å². The minimum absolute atomic E-state index is 0.0380. The molecular weight excluding hydrogens is 562 g/mol. The van der Waals surface area contributed by atoms with E-state index in [1.807, 2.05) is 73.1 Å². The number of benzene rings is 3. The summed E-state index contributed by atoms with van der Waals surface area (Å²) in [4.78, 5) is 25.0. The van der Waals surface area contributed by atoms with Gasteiger partial charge in [0.15, 0.2) is 17.5 Å². The molecule has 3 heterocycles. The van der Waals surface area contributed by atoms with Gasteiger partial charge in [0.05, 0.1) is 11.4 Å². The Bertz CT molecular complexity index is 2040. The molecule has 5 nitrogen and oxygen atoms in total. The van der Waals surface area contributed by atoms with Crippen molar-refractivity contribution in [1.82, 2.24) is 24.9 Å². The predicted octanol–water partition coefficient (Wildman–Crippen LogP) is 9.05. The van der Waals surface area contributed by atoms with E-state index in [4.69, 9.17) is 24.9 Å². The van der Waals surface area contributed by atoms with Crippen molar-refractivity contribution in [2.45, 2.75) is 37.5 Å². The fourth-order valence-corrected chi connectivity index (χ4v) is 9.78. The van der Waals surface area contributed by atoms with Crippen LogP contribution >= 0.6 is 0 Å². The quantitative estimate of drug-likeness (QED) is 0.203. The lowest BCUT2D eigenvalue weighted by molar-refractivity contribution is -0.0400. The molecule has 0 unspecified atom stereocenters. The summed E-state index contributed by atoms with van der Waals surface area (Å²) in [5, 5.41) is 0. The molecule has 5 heteroatoms. The Morgan fingerprint density at radius 3 is 1.67 bits per heavy atom. The van der Waals surface area contributed by atoms with E-state index in [-0.39, 0.29) is 5.41 Å². The predicted molar refractivity (Wildman–Crippen MR) is 180 cm³/mol. The normalized spacial score (nSPS) is 25.0. The first kappa shape index (κ1) is 26.2. The maximum Gasteiger partial charge on any atom is 0.164 e. The molecule has 0 aliphatic heterocycles. The third kappa shape index (κ3) is 3.84. The maximum absolute atomic E-state index is 5.19. The van der Waals surface area contributed by atoms with Crippen LogP contribution in [0.3, 0.4) is 0 Å². The summed E-state index contributed by atoms with van der Waals surface area (Å²) in [5.41, 5.74) is 10.3. The Hall–Kier alpha value is -5.03. The molecule has 1 spiro atoms. The van der Waals surface area contributed by atoms with E-state index in [1.165, 1.54) is 43.2 Å². The van der Waals surface area contributed by atoms with Crippen LogP contribution in [0.5, 0.6) is 0 Å². The van der Waals surface area contributed by atoms with E-state index < -0.39 is 0 Å². The Morgan fingerprint density at radius 2 is 1.02 bits per heavy atom. The second-order valence-corrected chi connectivity index (χ2v) is 13.8. The fraction of sp³-hybridized carbons (Fsp3) is 0.244. The van der Waals surface area contributed by atoms with E-state index in [0.717, 1.165) is 51.0 Å². The summed E-state index contributed by atoms with van der Waals surface area (Å²) in [6, 6.07) is 35.9. The first-order valence-electron chi connectivity index (χ1n) is 16.7. The molecular formula is C41H33N5. The van der Waals surface area contributed by atoms with E-state index >= 15 is 0 Å². The molecule has 0 amide bonds. The van der Waals surface area contributed by atoms with Gasteiger partial charge >= 0.3 is 0 Å². The number of pyridine rings is 2. The first-order chi connectivity index (χ1) is 22.7. The molecule has 5 aliphatic carbocycles. The summed E-state index contributed by atoms with van der Waals surface area (Å²) in [6.07, 6.45) is 10.8. The molecule has 46 heavy (non-hydrogen) atoms. The summed E-state index contributed by atoms with van der Waals surface area (Å²) in [7, 11) is 0. The molecule has 222 valence electrons. The summed E-state index contributed by atoms with van der Waals surface area (Å²) >= 11 is 0. The van der Waals surface area contributed by atoms with Crippen molar-refractivity contribution in [2.75, 3.05) is 0 Å². The van der Waals surface area contributed by atoms with Gasteiger partial charge in [0, 0.05) is 40.1 Å². The van der Waals surface area contributed by atoms with E-state index in [9.17, 15) is 0 Å². The lowest BCUT2D eigenvalue weighted by atomic mass is 9.43. The van der Waals surface area contributed by atoms with Gasteiger partial charge in [-0.1, -0.05) is 84.9 Å². The molecule has 3 aromatic heterocycles. The molecule has 4 saturated carbocycles. The summed E-state index contributed by atoms with van der Waals surface area (Å²) in [5.74, 6) is 5.15. The lowest BCUT2D eigenvalue weighted by Gasteiger charge is -2.60. The van der Waals surface area contributed by atoms with Crippen LogP contribution in [0.2, 0.25) is 0 Å². The van der Waals surface area contributed by atoms with Crippen LogP contribution in [-0.2, 0) is 5.41 Å². The highest BCUT2D eigenvalue weighted by Gasteiger charge is 2.62. The van der Waals surface area contributed by atoms with Crippen LogP contribution < -0.4 is 0 Å². The molecule has 4 bridgehead atoms. The topological polar surface area (TPSA) is 64.5 Å². The zero-order valence-corrected chi connectivity index (χ0v) is 25.6. The smallest absolute Gasteiger partial charge is 0.164 e. The zero-order valence-electron chi connectivity index (χ0n) is 25.6. The van der Waals surface area contributed by atoms with Gasteiger partial charge in [-0.15, -0.1) is 0 Å². The molecule has 3 aromatic carbocycles. The Labute approximate surface area is 268 Å². The highest BCUT2D eigenvalue weighted by Crippen LogP contribution is 2.69. The van der Waals surface area contributed by atoms with Gasteiger partial charge in [-0.05, 0) is 90.7 Å². The van der Waals surface area contributed by atoms with Crippen molar-refractivity contribution < 1.29 is 0 Å². The molecule has 0 saturated heterocycles. The van der Waals surface area contributed by atoms with Gasteiger partial charge in [0.25, 0.3) is 0 Å². The average molecular weight is 596 g/mol. The molecule has 6 aromatic rings. The van der Waals surface area contributed by atoms with Gasteiger partial charge in [0.1, 0.15) is 0 Å². The number of hydrogen-bond donors (Lipinski definition) is 0. The Balaban J connectivity index is 1.10. The number of fused-ring (bicyclic) bond motifs is 3. The van der Waals surface area contributed by atoms with Crippen LogP contribution in [0, 0.1) is 23.7 Å². The molecule has 0 atom stereocenters. The lowest BCUT2D eigenvalue weighted by Crippen LogP contribution is -2.55. The highest BCUT2D eigenvalue weighted by atomic mass is 15.0. The van der Waals surface area contributed by atoms with Crippen molar-refractivity contribution in [2.24, 2.45) is 23.7 Å². The van der Waals surface area contributed by atoms with Crippen molar-refractivity contribution in [3.8, 4) is 56.7 Å². The number of nitrogens with zero attached hydrogens (tertiary/aromatic N) is 5. The largest absolute Gasteiger partial charge is 0.254 e. The third-order valence-electron chi connectivity index (χ3n) is 11.4. The van der Waals surface area contributed by atoms with Crippen molar-refractivity contribution in [3.05, 3.63) is 127 Å². The van der Waals surface area contributed by atoms with Gasteiger partial charge < -0.3 is 0 Å². The van der Waals surface area contributed by atoms with Crippen LogP contribution in [-0.4, -0.2) is 24.9 Å². The van der Waals surface area contributed by atoms with Crippen LogP contribution in [0.4, 0.5) is 0 Å². The Kier molecular flexibility index (Phi) is 5.69. The van der Waals surface area contributed by atoms with Crippen molar-refractivity contribution in [1.29, 1.82) is 0 Å². The minimum atomic E-state index is 0.0380. The number of rotatable bonds is 4. The standard InChI is InChI=1S/C41H33N5/c1-3-9-27(10-4-1)38-44-39(28-11-5-2-6-12-28)46-40(45-38)30-14-7-13-29(22-30)31-23-35-37(43-24-31)36-34(15-8-16-42-36)41(35)32-18-25-17-26(20-32)21-33(41)19-25/h1-16,22-26,32-33H,17-21H2. The minimum Gasteiger partial charge on any atom is -0.254 e. The highest BCUT2D eigenvalue weighted by molar-refractivity contribution is 5.80. The SMILES string of the molecule is c1ccc(-c2nc(-c3ccccc3)nc(-c3cccc(-c4cnc5c(c4)C4(c6cccnc6-5)C5CC6CC(C5)CC4C6)c3)n2)cc1. The van der Waals surface area contributed by atoms with Crippen molar-refractivity contribution in [3.63, 3.8) is 0 Å². The third-order valence-corrected chi connectivity index (χ3v) is 11.4. The second kappa shape index (κ2) is 9.98. The molecule has 0 radical (unpaired) electrons. The van der Waals surface area contributed by atoms with Gasteiger partial charge in [-0.2, -0.15) is 0 Å². The van der Waals surface area contributed by atoms with E-state index in [0.29, 0.717) is 29.3 Å². The van der Waals surface area contributed by atoms with Gasteiger partial charge in [-0.25, -0.2) is 15.0 Å². The van der Waals surface area contributed by atoms with Crippen LogP contribution in [0.25, 0.3) is 56.7 Å². The molecule has 11 rings (SSSR count). The summed E-state index contributed by atoms with van der Waals surface area (Å²) < 4.78 is 0. The maximum atomic E-state index is 5.19. The van der Waals surface area contributed by atoms with Crippen LogP contribution in [0.15, 0.2) is 116 Å². The average Bonchev–Trinajstić information content (AvgIpc) is 3.41. The molecule has 5 aliphatic rings. The van der Waals surface area contributed by atoms with Crippen molar-refractivity contribution >= 4 is 0 Å². The van der Waals surface area contributed by atoms with E-state index in [1.54, 1.807) is 0 Å². The monoisotopic (exact) mass is 595 g/mol. The Morgan fingerprint density at radius 1 is 0.457 bits per heavy atom. The first-order valence-corrected chi connectivity index (χ1v) is 16.7. The second-order valence-electron chi connectivity index (χ2n) is 13.8.